The molecule has 0 aliphatic heterocycles. The summed E-state index contributed by atoms with van der Waals surface area (Å²) in [6.45, 7) is 0.908. The van der Waals surface area contributed by atoms with Crippen LogP contribution in [0.15, 0.2) is 53.9 Å². The molecule has 1 heterocycles. The third-order valence-corrected chi connectivity index (χ3v) is 5.46. The van der Waals surface area contributed by atoms with Crippen LogP contribution in [0.1, 0.15) is 27.2 Å². The van der Waals surface area contributed by atoms with Gasteiger partial charge in [-0.05, 0) is 35.6 Å². The van der Waals surface area contributed by atoms with E-state index < -0.39 is 5.97 Å². The number of nitrogens with one attached hydrogen (secondary N) is 1. The van der Waals surface area contributed by atoms with Gasteiger partial charge in [-0.2, -0.15) is 0 Å². The van der Waals surface area contributed by atoms with Crippen molar-refractivity contribution in [3.8, 4) is 0 Å². The number of aliphatic hydroxyl groups excluding tert-OH is 1. The lowest BCUT2D eigenvalue weighted by Gasteiger charge is -2.28. The first-order valence-corrected chi connectivity index (χ1v) is 9.63. The van der Waals surface area contributed by atoms with E-state index in [9.17, 15) is 14.7 Å². The van der Waals surface area contributed by atoms with Crippen molar-refractivity contribution in [1.82, 2.24) is 10.2 Å². The number of carboxylic acids is 1. The van der Waals surface area contributed by atoms with E-state index >= 15 is 0 Å². The molecule has 1 aliphatic rings. The zero-order valence-corrected chi connectivity index (χ0v) is 15.6. The Bertz CT molecular complexity index is 802. The van der Waals surface area contributed by atoms with Gasteiger partial charge in [-0.3, -0.25) is 0 Å². The molecule has 6 nitrogen and oxygen atoms in total. The molecule has 7 heteroatoms. The molecule has 2 aromatic rings. The van der Waals surface area contributed by atoms with Crippen molar-refractivity contribution in [2.75, 3.05) is 6.61 Å². The van der Waals surface area contributed by atoms with Gasteiger partial charge < -0.3 is 20.4 Å². The molecule has 0 spiro atoms. The van der Waals surface area contributed by atoms with Crippen LogP contribution in [0, 0.1) is 5.92 Å². The summed E-state index contributed by atoms with van der Waals surface area (Å²) in [5.41, 5.74) is 1.05. The van der Waals surface area contributed by atoms with Crippen molar-refractivity contribution >= 4 is 23.3 Å². The molecular weight excluding hydrogens is 364 g/mol. The molecule has 0 saturated heterocycles. The van der Waals surface area contributed by atoms with Crippen LogP contribution in [-0.4, -0.2) is 39.8 Å². The highest BCUT2D eigenvalue weighted by molar-refractivity contribution is 7.09. The zero-order valence-electron chi connectivity index (χ0n) is 14.7. The highest BCUT2D eigenvalue weighted by Crippen LogP contribution is 2.25. The average molecular weight is 386 g/mol. The molecule has 3 rings (SSSR count). The Kier molecular flexibility index (Phi) is 6.26. The van der Waals surface area contributed by atoms with Gasteiger partial charge in [-0.15, -0.1) is 11.3 Å². The third-order valence-electron chi connectivity index (χ3n) is 4.60. The Morgan fingerprint density at radius 2 is 1.96 bits per heavy atom. The maximum atomic E-state index is 12.8. The number of hydrogen-bond acceptors (Lipinski definition) is 4. The Morgan fingerprint density at radius 3 is 2.56 bits per heavy atom. The molecule has 2 atom stereocenters. The molecule has 0 radical (unpaired) electrons. The maximum absolute atomic E-state index is 12.8. The summed E-state index contributed by atoms with van der Waals surface area (Å²) in [5.74, 6) is -0.892. The molecule has 0 bridgehead atoms. The molecule has 1 aromatic carbocycles. The van der Waals surface area contributed by atoms with E-state index in [4.69, 9.17) is 5.11 Å². The van der Waals surface area contributed by atoms with Crippen molar-refractivity contribution in [3.63, 3.8) is 0 Å². The number of benzene rings is 1. The van der Waals surface area contributed by atoms with Gasteiger partial charge in [0.15, 0.2) is 0 Å². The van der Waals surface area contributed by atoms with Crippen LogP contribution in [0.3, 0.4) is 0 Å². The van der Waals surface area contributed by atoms with Gasteiger partial charge in [0.2, 0.25) is 0 Å². The first kappa shape index (κ1) is 19.1. The van der Waals surface area contributed by atoms with E-state index in [1.54, 1.807) is 28.4 Å². The monoisotopic (exact) mass is 386 g/mol. The molecule has 0 saturated carbocycles. The van der Waals surface area contributed by atoms with Crippen LogP contribution < -0.4 is 5.32 Å². The Balaban J connectivity index is 1.65. The molecule has 0 fully saturated rings. The number of aromatic carboxylic acids is 1. The van der Waals surface area contributed by atoms with E-state index in [0.717, 1.165) is 10.4 Å². The van der Waals surface area contributed by atoms with Crippen LogP contribution in [-0.2, 0) is 13.1 Å². The first-order chi connectivity index (χ1) is 13.1. The number of aliphatic hydroxyl groups is 1. The highest BCUT2D eigenvalue weighted by Gasteiger charge is 2.28. The second kappa shape index (κ2) is 8.83. The van der Waals surface area contributed by atoms with E-state index in [0.29, 0.717) is 19.5 Å². The summed E-state index contributed by atoms with van der Waals surface area (Å²) in [7, 11) is 0. The zero-order chi connectivity index (χ0) is 19.2. The van der Waals surface area contributed by atoms with Gasteiger partial charge in [-0.25, -0.2) is 9.59 Å². The lowest BCUT2D eigenvalue weighted by Crippen LogP contribution is -2.44. The average Bonchev–Trinajstić information content (AvgIpc) is 3.36. The number of amides is 2. The third kappa shape index (κ3) is 4.96. The highest BCUT2D eigenvalue weighted by atomic mass is 32.1. The maximum Gasteiger partial charge on any atom is 0.335 e. The minimum Gasteiger partial charge on any atom is -0.478 e. The van der Waals surface area contributed by atoms with Crippen LogP contribution in [0.5, 0.6) is 0 Å². The summed E-state index contributed by atoms with van der Waals surface area (Å²) < 4.78 is 0. The van der Waals surface area contributed by atoms with Crippen LogP contribution in [0.25, 0.3) is 0 Å². The van der Waals surface area contributed by atoms with E-state index in [1.165, 1.54) is 12.1 Å². The smallest absolute Gasteiger partial charge is 0.335 e. The van der Waals surface area contributed by atoms with Gasteiger partial charge >= 0.3 is 12.0 Å². The molecule has 3 N–H and O–H groups in total. The lowest BCUT2D eigenvalue weighted by molar-refractivity contribution is 0.0697. The summed E-state index contributed by atoms with van der Waals surface area (Å²) >= 11 is 1.60. The number of carbonyl (C=O) groups is 2. The second-order valence-corrected chi connectivity index (χ2v) is 7.53. The van der Waals surface area contributed by atoms with E-state index in [2.05, 4.69) is 5.32 Å². The van der Waals surface area contributed by atoms with Gasteiger partial charge in [-0.1, -0.05) is 30.4 Å². The number of urea groups is 1. The van der Waals surface area contributed by atoms with Crippen molar-refractivity contribution in [1.29, 1.82) is 0 Å². The molecule has 27 heavy (non-hydrogen) atoms. The molecule has 0 unspecified atom stereocenters. The van der Waals surface area contributed by atoms with Crippen molar-refractivity contribution in [3.05, 3.63) is 69.9 Å². The number of rotatable bonds is 7. The molecule has 1 aliphatic carbocycles. The van der Waals surface area contributed by atoms with Crippen LogP contribution in [0.2, 0.25) is 0 Å². The summed E-state index contributed by atoms with van der Waals surface area (Å²) in [4.78, 5) is 26.6. The van der Waals surface area contributed by atoms with Crippen molar-refractivity contribution in [2.24, 2.45) is 5.92 Å². The SMILES string of the molecule is O=C(O)c1ccc(CNC(=O)N(Cc2cccs2)[C@@H]2C=C[C@H](CO)C2)cc1. The topological polar surface area (TPSA) is 89.9 Å². The number of thiophene rings is 1. The number of carboxylic acid groups (broad SMARTS) is 1. The van der Waals surface area contributed by atoms with Crippen molar-refractivity contribution in [2.45, 2.75) is 25.6 Å². The molecular formula is C20H22N2O4S. The number of nitrogens with zero attached hydrogens (tertiary/aromatic N) is 1. The van der Waals surface area contributed by atoms with Gasteiger partial charge in [0.05, 0.1) is 18.2 Å². The Morgan fingerprint density at radius 1 is 1.19 bits per heavy atom. The summed E-state index contributed by atoms with van der Waals surface area (Å²) in [6.07, 6.45) is 4.66. The lowest BCUT2D eigenvalue weighted by atomic mass is 10.1. The predicted octanol–water partition coefficient (Wildman–Crippen LogP) is 3.10. The standard InChI is InChI=1S/C20H22N2O4S/c23-13-15-5-8-17(10-15)22(12-18-2-1-9-27-18)20(26)21-11-14-3-6-16(7-4-14)19(24)25/h1-9,15,17,23H,10-13H2,(H,21,26)(H,24,25)/t15-,17+/m0/s1. The van der Waals surface area contributed by atoms with Gasteiger partial charge in [0.25, 0.3) is 0 Å². The van der Waals surface area contributed by atoms with Gasteiger partial charge in [0, 0.05) is 23.9 Å². The summed E-state index contributed by atoms with van der Waals surface area (Å²) in [6, 6.07) is 10.2. The van der Waals surface area contributed by atoms with Gasteiger partial charge in [0.1, 0.15) is 0 Å². The summed E-state index contributed by atoms with van der Waals surface area (Å²) in [5, 5.41) is 23.2. The normalized spacial score (nSPS) is 18.4. The molecule has 2 amide bonds. The number of carbonyl (C=O) groups excluding carboxylic acids is 1. The fourth-order valence-corrected chi connectivity index (χ4v) is 3.78. The van der Waals surface area contributed by atoms with Crippen molar-refractivity contribution < 1.29 is 19.8 Å². The fraction of sp³-hybridized carbons (Fsp3) is 0.300. The largest absolute Gasteiger partial charge is 0.478 e. The predicted molar refractivity (Wildman–Crippen MR) is 104 cm³/mol. The number of hydrogen-bond donors (Lipinski definition) is 3. The quantitative estimate of drug-likeness (QED) is 0.638. The van der Waals surface area contributed by atoms with Crippen LogP contribution in [0.4, 0.5) is 4.79 Å². The fourth-order valence-electron chi connectivity index (χ4n) is 3.07. The first-order valence-electron chi connectivity index (χ1n) is 8.75. The molecule has 142 valence electrons. The second-order valence-electron chi connectivity index (χ2n) is 6.50. The Labute approximate surface area is 161 Å². The minimum atomic E-state index is -0.973. The molecule has 1 aromatic heterocycles. The van der Waals surface area contributed by atoms with Crippen LogP contribution >= 0.6 is 11.3 Å². The minimum absolute atomic E-state index is 0.0568. The van der Waals surface area contributed by atoms with E-state index in [-0.39, 0.29) is 30.2 Å². The van der Waals surface area contributed by atoms with E-state index in [1.807, 2.05) is 29.7 Å². The Hall–Kier alpha value is -2.64.